The Labute approximate surface area is 98.8 Å². The van der Waals surface area contributed by atoms with Crippen molar-refractivity contribution in [3.8, 4) is 0 Å². The van der Waals surface area contributed by atoms with Gasteiger partial charge in [-0.25, -0.2) is 8.78 Å². The average molecular weight is 246 g/mol. The maximum Gasteiger partial charge on any atom is 0.147 e. The molecule has 2 rings (SSSR count). The van der Waals surface area contributed by atoms with Gasteiger partial charge in [0.2, 0.25) is 0 Å². The van der Waals surface area contributed by atoms with Crippen LogP contribution < -0.4 is 5.32 Å². The minimum Gasteiger partial charge on any atom is -0.314 e. The minimum atomic E-state index is -0.617. The fourth-order valence-electron chi connectivity index (χ4n) is 2.10. The molecule has 1 nitrogen and oxygen atoms in total. The van der Waals surface area contributed by atoms with Gasteiger partial charge in [0.15, 0.2) is 0 Å². The van der Waals surface area contributed by atoms with E-state index in [1.807, 2.05) is 0 Å². The lowest BCUT2D eigenvalue weighted by Crippen LogP contribution is -2.36. The summed E-state index contributed by atoms with van der Waals surface area (Å²) in [6, 6.07) is 2.64. The number of hydrogen-bond donors (Lipinski definition) is 1. The highest BCUT2D eigenvalue weighted by Crippen LogP contribution is 2.23. The topological polar surface area (TPSA) is 12.0 Å². The van der Waals surface area contributed by atoms with Crippen LogP contribution in [-0.2, 0) is 6.42 Å². The Morgan fingerprint density at radius 1 is 1.31 bits per heavy atom. The summed E-state index contributed by atoms with van der Waals surface area (Å²) in [5, 5.41) is 3.26. The van der Waals surface area contributed by atoms with E-state index in [2.05, 4.69) is 5.32 Å². The third-order valence-electron chi connectivity index (χ3n) is 3.00. The molecule has 1 fully saturated rings. The highest BCUT2D eigenvalue weighted by molar-refractivity contribution is 6.30. The zero-order valence-corrected chi connectivity index (χ0v) is 9.66. The Kier molecular flexibility index (Phi) is 3.77. The summed E-state index contributed by atoms with van der Waals surface area (Å²) < 4.78 is 27.1. The highest BCUT2D eigenvalue weighted by Gasteiger charge is 2.19. The van der Waals surface area contributed by atoms with Gasteiger partial charge in [0.1, 0.15) is 11.6 Å². The molecule has 1 unspecified atom stereocenters. The van der Waals surface area contributed by atoms with Gasteiger partial charge in [-0.3, -0.25) is 0 Å². The molecule has 88 valence electrons. The Morgan fingerprint density at radius 2 is 2.12 bits per heavy atom. The van der Waals surface area contributed by atoms with Crippen LogP contribution in [0.3, 0.4) is 0 Å². The number of halogens is 3. The zero-order chi connectivity index (χ0) is 11.5. The average Bonchev–Trinajstić information content (AvgIpc) is 2.31. The highest BCUT2D eigenvalue weighted by atomic mass is 35.5. The first-order valence-corrected chi connectivity index (χ1v) is 5.92. The summed E-state index contributed by atoms with van der Waals surface area (Å²) in [5.74, 6) is -1.12. The van der Waals surface area contributed by atoms with Crippen molar-refractivity contribution in [3.05, 3.63) is 34.4 Å². The molecule has 0 aromatic heterocycles. The summed E-state index contributed by atoms with van der Waals surface area (Å²) in [5.41, 5.74) is 0.104. The Bertz CT molecular complexity index is 376. The number of nitrogens with one attached hydrogen (secondary N) is 1. The lowest BCUT2D eigenvalue weighted by Gasteiger charge is -2.23. The normalized spacial score (nSPS) is 21.1. The van der Waals surface area contributed by atoms with Crippen LogP contribution in [0.2, 0.25) is 5.02 Å². The lowest BCUT2D eigenvalue weighted by molar-refractivity contribution is 0.389. The van der Waals surface area contributed by atoms with Crippen molar-refractivity contribution in [2.75, 3.05) is 6.54 Å². The quantitative estimate of drug-likeness (QED) is 0.789. The van der Waals surface area contributed by atoms with Crippen molar-refractivity contribution in [2.45, 2.75) is 31.7 Å². The maximum absolute atomic E-state index is 13.6. The van der Waals surface area contributed by atoms with Gasteiger partial charge in [-0.05, 0) is 37.9 Å². The standard InChI is InChI=1S/C12H14ClF2N/c13-10-4-5-11(14)9(12(10)15)7-8-3-1-2-6-16-8/h4-5,8,16H,1-3,6-7H2. The number of rotatable bonds is 2. The number of hydrogen-bond acceptors (Lipinski definition) is 1. The molecule has 0 radical (unpaired) electrons. The number of benzene rings is 1. The van der Waals surface area contributed by atoms with Gasteiger partial charge in [-0.2, -0.15) is 0 Å². The molecule has 0 amide bonds. The van der Waals surface area contributed by atoms with Gasteiger partial charge in [0, 0.05) is 11.6 Å². The van der Waals surface area contributed by atoms with Crippen LogP contribution in [0.25, 0.3) is 0 Å². The molecule has 0 bridgehead atoms. The SMILES string of the molecule is Fc1ccc(Cl)c(F)c1CC1CCCCN1. The van der Waals surface area contributed by atoms with Gasteiger partial charge in [-0.15, -0.1) is 0 Å². The molecule has 1 atom stereocenters. The van der Waals surface area contributed by atoms with Gasteiger partial charge in [0.05, 0.1) is 5.02 Å². The third kappa shape index (κ3) is 2.53. The summed E-state index contributed by atoms with van der Waals surface area (Å²) >= 11 is 5.64. The molecule has 1 heterocycles. The molecule has 0 aliphatic carbocycles. The van der Waals surface area contributed by atoms with Crippen molar-refractivity contribution >= 4 is 11.6 Å². The molecule has 1 N–H and O–H groups in total. The first-order chi connectivity index (χ1) is 7.68. The predicted octanol–water partition coefficient (Wildman–Crippen LogP) is 3.30. The molecule has 1 aliphatic heterocycles. The van der Waals surface area contributed by atoms with E-state index >= 15 is 0 Å². The third-order valence-corrected chi connectivity index (χ3v) is 3.29. The largest absolute Gasteiger partial charge is 0.314 e. The summed E-state index contributed by atoms with van der Waals surface area (Å²) in [6.07, 6.45) is 3.59. The van der Waals surface area contributed by atoms with Crippen LogP contribution >= 0.6 is 11.6 Å². The molecule has 16 heavy (non-hydrogen) atoms. The molecular formula is C12H14ClF2N. The van der Waals surface area contributed by atoms with Crippen LogP contribution in [0.4, 0.5) is 8.78 Å². The fraction of sp³-hybridized carbons (Fsp3) is 0.500. The van der Waals surface area contributed by atoms with Crippen molar-refractivity contribution in [1.29, 1.82) is 0 Å². The van der Waals surface area contributed by atoms with Crippen molar-refractivity contribution in [2.24, 2.45) is 0 Å². The van der Waals surface area contributed by atoms with Crippen molar-refractivity contribution in [3.63, 3.8) is 0 Å². The monoisotopic (exact) mass is 245 g/mol. The van der Waals surface area contributed by atoms with Crippen LogP contribution in [-0.4, -0.2) is 12.6 Å². The van der Waals surface area contributed by atoms with E-state index in [0.717, 1.165) is 25.8 Å². The Balaban J connectivity index is 2.16. The minimum absolute atomic E-state index is 0.00721. The molecule has 1 aliphatic rings. The second-order valence-corrected chi connectivity index (χ2v) is 4.58. The number of piperidine rings is 1. The molecule has 1 aromatic carbocycles. The lowest BCUT2D eigenvalue weighted by atomic mass is 9.97. The van der Waals surface area contributed by atoms with Crippen molar-refractivity contribution in [1.82, 2.24) is 5.32 Å². The first kappa shape index (κ1) is 11.8. The molecule has 0 spiro atoms. The smallest absolute Gasteiger partial charge is 0.147 e. The van der Waals surface area contributed by atoms with Crippen LogP contribution in [0.15, 0.2) is 12.1 Å². The van der Waals surface area contributed by atoms with E-state index in [-0.39, 0.29) is 16.6 Å². The summed E-state index contributed by atoms with van der Waals surface area (Å²) in [4.78, 5) is 0. The zero-order valence-electron chi connectivity index (χ0n) is 8.90. The summed E-state index contributed by atoms with van der Waals surface area (Å²) in [6.45, 7) is 0.925. The van der Waals surface area contributed by atoms with E-state index in [1.54, 1.807) is 0 Å². The van der Waals surface area contributed by atoms with Gasteiger partial charge < -0.3 is 5.32 Å². The molecule has 1 aromatic rings. The predicted molar refractivity (Wildman–Crippen MR) is 60.7 cm³/mol. The van der Waals surface area contributed by atoms with E-state index in [1.165, 1.54) is 12.1 Å². The van der Waals surface area contributed by atoms with Gasteiger partial charge >= 0.3 is 0 Å². The first-order valence-electron chi connectivity index (χ1n) is 5.54. The second-order valence-electron chi connectivity index (χ2n) is 4.17. The Hall–Kier alpha value is -0.670. The Morgan fingerprint density at radius 3 is 2.81 bits per heavy atom. The van der Waals surface area contributed by atoms with E-state index in [0.29, 0.717) is 6.42 Å². The van der Waals surface area contributed by atoms with Crippen LogP contribution in [0.5, 0.6) is 0 Å². The maximum atomic E-state index is 13.6. The van der Waals surface area contributed by atoms with Crippen molar-refractivity contribution < 1.29 is 8.78 Å². The second kappa shape index (κ2) is 5.11. The summed E-state index contributed by atoms with van der Waals surface area (Å²) in [7, 11) is 0. The molecule has 0 saturated carbocycles. The van der Waals surface area contributed by atoms with Gasteiger partial charge in [-0.1, -0.05) is 18.0 Å². The van der Waals surface area contributed by atoms with Crippen LogP contribution in [0, 0.1) is 11.6 Å². The molecule has 1 saturated heterocycles. The van der Waals surface area contributed by atoms with E-state index < -0.39 is 11.6 Å². The molecule has 4 heteroatoms. The fourth-order valence-corrected chi connectivity index (χ4v) is 2.28. The van der Waals surface area contributed by atoms with Gasteiger partial charge in [0.25, 0.3) is 0 Å². The molecular weight excluding hydrogens is 232 g/mol. The van der Waals surface area contributed by atoms with E-state index in [4.69, 9.17) is 11.6 Å². The van der Waals surface area contributed by atoms with E-state index in [9.17, 15) is 8.78 Å². The van der Waals surface area contributed by atoms with Crippen LogP contribution in [0.1, 0.15) is 24.8 Å².